The van der Waals surface area contributed by atoms with Gasteiger partial charge in [0.05, 0.1) is 75.1 Å². The average molecular weight is 514 g/mol. The van der Waals surface area contributed by atoms with Crippen molar-refractivity contribution in [2.45, 2.75) is 0 Å². The number of hydrogen-bond acceptors (Lipinski definition) is 10. The Balaban J connectivity index is 0.937. The highest BCUT2D eigenvalue weighted by molar-refractivity contribution is 6.21. The molecule has 2 aromatic rings. The molecule has 196 valence electrons. The summed E-state index contributed by atoms with van der Waals surface area (Å²) in [6, 6.07) is 13.0. The fourth-order valence-corrected chi connectivity index (χ4v) is 3.56. The summed E-state index contributed by atoms with van der Waals surface area (Å²) in [5, 5.41) is 1.44. The van der Waals surface area contributed by atoms with Crippen molar-refractivity contribution in [2.24, 2.45) is 0 Å². The molecule has 0 atom stereocenters. The van der Waals surface area contributed by atoms with Crippen LogP contribution in [-0.2, 0) is 28.6 Å². The lowest BCUT2D eigenvalue weighted by atomic mass is 10.1. The van der Waals surface area contributed by atoms with E-state index in [1.807, 2.05) is 0 Å². The maximum atomic E-state index is 12.2. The van der Waals surface area contributed by atoms with Gasteiger partial charge in [0, 0.05) is 0 Å². The Labute approximate surface area is 212 Å². The lowest BCUT2D eigenvalue weighted by molar-refractivity contribution is -0.173. The first-order valence-corrected chi connectivity index (χ1v) is 11.6. The van der Waals surface area contributed by atoms with Gasteiger partial charge in [0.2, 0.25) is 0 Å². The number of hydrogen-bond donors (Lipinski definition) is 0. The van der Waals surface area contributed by atoms with E-state index in [4.69, 9.17) is 28.6 Å². The molecule has 2 heterocycles. The largest absolute Gasteiger partial charge is 0.377 e. The molecule has 37 heavy (non-hydrogen) atoms. The number of hydroxylamine groups is 4. The van der Waals surface area contributed by atoms with Gasteiger partial charge in [-0.2, -0.15) is 0 Å². The first-order valence-electron chi connectivity index (χ1n) is 11.6. The van der Waals surface area contributed by atoms with Gasteiger partial charge in [-0.25, -0.2) is 4.84 Å². The molecule has 0 radical (unpaired) electrons. The van der Waals surface area contributed by atoms with E-state index in [9.17, 15) is 19.2 Å². The van der Waals surface area contributed by atoms with Crippen molar-refractivity contribution in [3.63, 3.8) is 0 Å². The molecule has 2 aliphatic rings. The maximum absolute atomic E-state index is 12.2. The summed E-state index contributed by atoms with van der Waals surface area (Å²) in [6.45, 7) is 1.79. The predicted octanol–water partition coefficient (Wildman–Crippen LogP) is 1.47. The lowest BCUT2D eigenvalue weighted by Crippen LogP contribution is -2.31. The number of ether oxygens (including phenoxy) is 4. The third-order valence-electron chi connectivity index (χ3n) is 5.34. The smallest absolute Gasteiger partial charge is 0.285 e. The second-order valence-corrected chi connectivity index (χ2v) is 7.73. The van der Waals surface area contributed by atoms with Crippen molar-refractivity contribution in [2.75, 3.05) is 59.6 Å². The quantitative estimate of drug-likeness (QED) is 0.184. The molecule has 0 N–H and O–H groups in total. The monoisotopic (exact) mass is 514 g/mol. The summed E-state index contributed by atoms with van der Waals surface area (Å²) in [5.41, 5.74) is 1.25. The normalized spacial score (nSPS) is 14.6. The zero-order valence-corrected chi connectivity index (χ0v) is 20.0. The minimum atomic E-state index is -0.517. The van der Waals surface area contributed by atoms with Crippen molar-refractivity contribution in [3.8, 4) is 0 Å². The van der Waals surface area contributed by atoms with Gasteiger partial charge in [-0.05, 0) is 24.3 Å². The SMILES string of the molecule is O=C1c2ccccc2C(=O)N1OCCOCCOCCOCCOCON1C(=O)c2ccccc2C1=O. The molecular formula is C25H26N2O10. The van der Waals surface area contributed by atoms with Crippen molar-refractivity contribution in [1.29, 1.82) is 0 Å². The molecule has 2 aliphatic heterocycles. The molecular weight excluding hydrogens is 488 g/mol. The summed E-state index contributed by atoms with van der Waals surface area (Å²) < 4.78 is 21.3. The van der Waals surface area contributed by atoms with Crippen LogP contribution in [0.5, 0.6) is 0 Å². The Morgan fingerprint density at radius 1 is 0.432 bits per heavy atom. The van der Waals surface area contributed by atoms with Gasteiger partial charge in [0.15, 0.2) is 6.79 Å². The van der Waals surface area contributed by atoms with Crippen molar-refractivity contribution in [3.05, 3.63) is 70.8 Å². The lowest BCUT2D eigenvalue weighted by Gasteiger charge is -2.13. The van der Waals surface area contributed by atoms with Gasteiger partial charge in [-0.3, -0.25) is 24.0 Å². The fraction of sp³-hybridized carbons (Fsp3) is 0.360. The minimum Gasteiger partial charge on any atom is -0.377 e. The molecule has 0 bridgehead atoms. The highest BCUT2D eigenvalue weighted by atomic mass is 16.8. The van der Waals surface area contributed by atoms with Crippen LogP contribution in [0, 0.1) is 0 Å². The second kappa shape index (κ2) is 13.1. The number of nitrogens with zero attached hydrogens (tertiary/aromatic N) is 2. The Hall–Kier alpha value is -3.52. The number of rotatable bonds is 16. The van der Waals surface area contributed by atoms with Gasteiger partial charge in [0.25, 0.3) is 23.6 Å². The average Bonchev–Trinajstić information content (AvgIpc) is 3.31. The molecule has 0 aliphatic carbocycles. The van der Waals surface area contributed by atoms with Crippen LogP contribution in [0.25, 0.3) is 0 Å². The standard InChI is InChI=1S/C25H26N2O10/c28-22-18-5-1-2-6-19(18)23(29)26(22)36-16-15-34-12-11-32-9-10-33-13-14-35-17-37-27-24(30)20-7-3-4-8-21(20)25(27)31/h1-8H,9-17H2. The summed E-state index contributed by atoms with van der Waals surface area (Å²) in [7, 11) is 0. The summed E-state index contributed by atoms with van der Waals surface area (Å²) >= 11 is 0. The van der Waals surface area contributed by atoms with E-state index in [1.54, 1.807) is 48.5 Å². The number of amides is 4. The molecule has 4 amide bonds. The van der Waals surface area contributed by atoms with E-state index in [0.717, 1.165) is 5.06 Å². The Morgan fingerprint density at radius 2 is 0.757 bits per heavy atom. The Bertz CT molecular complexity index is 980. The number of carbonyl (C=O) groups is 4. The molecule has 0 fully saturated rings. The van der Waals surface area contributed by atoms with E-state index < -0.39 is 23.6 Å². The molecule has 0 saturated carbocycles. The molecule has 0 spiro atoms. The Morgan fingerprint density at radius 3 is 1.16 bits per heavy atom. The van der Waals surface area contributed by atoms with Gasteiger partial charge in [-0.1, -0.05) is 24.3 Å². The van der Waals surface area contributed by atoms with Gasteiger partial charge < -0.3 is 18.9 Å². The highest BCUT2D eigenvalue weighted by Gasteiger charge is 2.37. The van der Waals surface area contributed by atoms with E-state index in [0.29, 0.717) is 53.7 Å². The van der Waals surface area contributed by atoms with E-state index in [1.165, 1.54) is 0 Å². The topological polar surface area (TPSA) is 130 Å². The van der Waals surface area contributed by atoms with Crippen LogP contribution >= 0.6 is 0 Å². The van der Waals surface area contributed by atoms with Crippen LogP contribution in [0.2, 0.25) is 0 Å². The van der Waals surface area contributed by atoms with E-state index in [-0.39, 0.29) is 33.2 Å². The van der Waals surface area contributed by atoms with E-state index in [2.05, 4.69) is 0 Å². The van der Waals surface area contributed by atoms with E-state index >= 15 is 0 Å². The van der Waals surface area contributed by atoms with Crippen molar-refractivity contribution >= 4 is 23.6 Å². The van der Waals surface area contributed by atoms with Crippen LogP contribution < -0.4 is 0 Å². The molecule has 0 saturated heterocycles. The fourth-order valence-electron chi connectivity index (χ4n) is 3.56. The number of imide groups is 2. The zero-order chi connectivity index (χ0) is 26.0. The van der Waals surface area contributed by atoms with Crippen LogP contribution in [0.3, 0.4) is 0 Å². The van der Waals surface area contributed by atoms with Gasteiger partial charge in [0.1, 0.15) is 0 Å². The van der Waals surface area contributed by atoms with Crippen LogP contribution in [0.4, 0.5) is 0 Å². The second-order valence-electron chi connectivity index (χ2n) is 7.73. The van der Waals surface area contributed by atoms with Crippen molar-refractivity contribution in [1.82, 2.24) is 10.1 Å². The molecule has 12 heteroatoms. The highest BCUT2D eigenvalue weighted by Crippen LogP contribution is 2.23. The maximum Gasteiger partial charge on any atom is 0.285 e. The van der Waals surface area contributed by atoms with Crippen molar-refractivity contribution < 1.29 is 47.8 Å². The summed E-state index contributed by atoms with van der Waals surface area (Å²) in [6.07, 6.45) is 0. The third kappa shape index (κ3) is 6.43. The van der Waals surface area contributed by atoms with Crippen LogP contribution in [-0.4, -0.2) is 93.4 Å². The van der Waals surface area contributed by atoms with Crippen LogP contribution in [0.1, 0.15) is 41.4 Å². The summed E-state index contributed by atoms with van der Waals surface area (Å²) in [5.74, 6) is -2.00. The minimum absolute atomic E-state index is 0.0469. The van der Waals surface area contributed by atoms with Crippen LogP contribution in [0.15, 0.2) is 48.5 Å². The number of fused-ring (bicyclic) bond motifs is 2. The molecule has 4 rings (SSSR count). The first-order chi connectivity index (χ1) is 18.1. The molecule has 2 aromatic carbocycles. The Kier molecular flexibility index (Phi) is 9.43. The molecule has 0 unspecified atom stereocenters. The molecule has 0 aromatic heterocycles. The zero-order valence-electron chi connectivity index (χ0n) is 20.0. The predicted molar refractivity (Wildman–Crippen MR) is 124 cm³/mol. The third-order valence-corrected chi connectivity index (χ3v) is 5.34. The number of carbonyl (C=O) groups excluding carboxylic acids is 4. The summed E-state index contributed by atoms with van der Waals surface area (Å²) in [4.78, 5) is 59.0. The first kappa shape index (κ1) is 26.5. The van der Waals surface area contributed by atoms with Gasteiger partial charge in [-0.15, -0.1) is 10.1 Å². The van der Waals surface area contributed by atoms with Gasteiger partial charge >= 0.3 is 0 Å². The molecule has 12 nitrogen and oxygen atoms in total. The number of benzene rings is 2.